The van der Waals surface area contributed by atoms with Crippen molar-refractivity contribution in [3.05, 3.63) is 56.3 Å². The lowest BCUT2D eigenvalue weighted by atomic mass is 10.1. The molecule has 0 fully saturated rings. The fraction of sp³-hybridized carbons (Fsp3) is 0.167. The molecule has 12 heteroatoms. The number of amides is 1. The van der Waals surface area contributed by atoms with E-state index in [1.165, 1.54) is 18.2 Å². The maximum atomic E-state index is 12.1. The number of ether oxygens (including phenoxy) is 3. The van der Waals surface area contributed by atoms with Crippen LogP contribution in [-0.2, 0) is 19.0 Å². The lowest BCUT2D eigenvalue weighted by Gasteiger charge is -2.10. The summed E-state index contributed by atoms with van der Waals surface area (Å²) in [6.07, 6.45) is 1.11. The van der Waals surface area contributed by atoms with Gasteiger partial charge in [-0.1, -0.05) is 34.8 Å². The minimum Gasteiger partial charge on any atom is -0.465 e. The second-order valence-electron chi connectivity index (χ2n) is 5.49. The molecule has 30 heavy (non-hydrogen) atoms. The maximum Gasteiger partial charge on any atom is 0.359 e. The number of halogens is 3. The summed E-state index contributed by atoms with van der Waals surface area (Å²) < 4.78 is 14.1. The topological polar surface area (TPSA) is 121 Å². The molecule has 2 rings (SSSR count). The predicted molar refractivity (Wildman–Crippen MR) is 107 cm³/mol. The first-order valence-electron chi connectivity index (χ1n) is 7.96. The minimum absolute atomic E-state index is 0.000479. The molecule has 1 aromatic heterocycles. The molecule has 0 radical (unpaired) electrons. The molecule has 1 amide bonds. The zero-order valence-corrected chi connectivity index (χ0v) is 17.7. The highest BCUT2D eigenvalue weighted by molar-refractivity contribution is 6.48. The van der Waals surface area contributed by atoms with Crippen LogP contribution in [0, 0.1) is 0 Å². The van der Waals surface area contributed by atoms with E-state index in [1.54, 1.807) is 0 Å². The number of aromatic nitrogens is 1. The number of hydrogen-bond donors (Lipinski definition) is 1. The molecule has 1 heterocycles. The lowest BCUT2D eigenvalue weighted by molar-refractivity contribution is -0.119. The molecule has 1 N–H and O–H groups in total. The Morgan fingerprint density at radius 3 is 2.00 bits per heavy atom. The molecule has 0 aliphatic carbocycles. The van der Waals surface area contributed by atoms with E-state index in [1.807, 2.05) is 0 Å². The number of nitrogens with zero attached hydrogens (tertiary/aromatic N) is 1. The zero-order chi connectivity index (χ0) is 22.4. The molecule has 9 nitrogen and oxygen atoms in total. The van der Waals surface area contributed by atoms with Crippen LogP contribution in [0.3, 0.4) is 0 Å². The Labute approximate surface area is 185 Å². The quantitative estimate of drug-likeness (QED) is 0.498. The Kier molecular flexibility index (Phi) is 7.99. The Morgan fingerprint density at radius 2 is 1.47 bits per heavy atom. The molecule has 158 valence electrons. The summed E-state index contributed by atoms with van der Waals surface area (Å²) in [4.78, 5) is 51.5. The molecular weight excluding hydrogens is 463 g/mol. The first kappa shape index (κ1) is 23.4. The first-order chi connectivity index (χ1) is 14.2. The molecule has 0 saturated heterocycles. The Bertz CT molecular complexity index is 993. The van der Waals surface area contributed by atoms with Crippen LogP contribution in [-0.4, -0.2) is 49.6 Å². The summed E-state index contributed by atoms with van der Waals surface area (Å²) in [7, 11) is 2.32. The van der Waals surface area contributed by atoms with Crippen molar-refractivity contribution in [2.45, 2.75) is 0 Å². The third-order valence-electron chi connectivity index (χ3n) is 3.50. The van der Waals surface area contributed by atoms with Gasteiger partial charge in [0.1, 0.15) is 0 Å². The van der Waals surface area contributed by atoms with E-state index < -0.39 is 30.4 Å². The van der Waals surface area contributed by atoms with E-state index in [4.69, 9.17) is 39.5 Å². The third kappa shape index (κ3) is 5.59. The number of methoxy groups -OCH3 is 2. The van der Waals surface area contributed by atoms with Crippen molar-refractivity contribution in [3.63, 3.8) is 0 Å². The summed E-state index contributed by atoms with van der Waals surface area (Å²) in [6.45, 7) is -0.715. The largest absolute Gasteiger partial charge is 0.465 e. The van der Waals surface area contributed by atoms with Gasteiger partial charge in [0.2, 0.25) is 0 Å². The molecule has 0 aliphatic rings. The molecule has 0 aliphatic heterocycles. The summed E-state index contributed by atoms with van der Waals surface area (Å²) >= 11 is 17.5. The van der Waals surface area contributed by atoms with Crippen LogP contribution in [0.15, 0.2) is 24.4 Å². The van der Waals surface area contributed by atoms with E-state index in [0.717, 1.165) is 20.4 Å². The van der Waals surface area contributed by atoms with Crippen molar-refractivity contribution in [2.75, 3.05) is 26.1 Å². The van der Waals surface area contributed by atoms with Crippen LogP contribution in [0.1, 0.15) is 31.2 Å². The van der Waals surface area contributed by atoms with Crippen LogP contribution in [0.4, 0.5) is 5.69 Å². The number of esters is 3. The Morgan fingerprint density at radius 1 is 0.900 bits per heavy atom. The highest BCUT2D eigenvalue weighted by atomic mass is 35.5. The van der Waals surface area contributed by atoms with Gasteiger partial charge in [-0.15, -0.1) is 0 Å². The standard InChI is InChI=1S/C18H13Cl3N2O7/c1-28-16(25)8-3-9(17(26)29-2)5-10(4-8)23-12(24)7-30-18(27)15-14(21)13(20)11(19)6-22-15/h3-6H,7H2,1-2H3,(H,23,24). The number of carbonyl (C=O) groups is 4. The van der Waals surface area contributed by atoms with E-state index in [2.05, 4.69) is 19.8 Å². The molecule has 1 aromatic carbocycles. The molecule has 0 unspecified atom stereocenters. The zero-order valence-electron chi connectivity index (χ0n) is 15.5. The van der Waals surface area contributed by atoms with Crippen molar-refractivity contribution in [3.8, 4) is 0 Å². The number of benzene rings is 1. The average Bonchev–Trinajstić information content (AvgIpc) is 2.74. The van der Waals surface area contributed by atoms with Gasteiger partial charge in [-0.25, -0.2) is 19.4 Å². The Hall–Kier alpha value is -2.88. The minimum atomic E-state index is -1.01. The highest BCUT2D eigenvalue weighted by Crippen LogP contribution is 2.31. The van der Waals surface area contributed by atoms with Gasteiger partial charge in [0.05, 0.1) is 40.4 Å². The van der Waals surface area contributed by atoms with Crippen LogP contribution < -0.4 is 5.32 Å². The van der Waals surface area contributed by atoms with Crippen molar-refractivity contribution in [1.29, 1.82) is 0 Å². The van der Waals surface area contributed by atoms with E-state index in [0.29, 0.717) is 0 Å². The number of carbonyl (C=O) groups excluding carboxylic acids is 4. The molecular formula is C18H13Cl3N2O7. The van der Waals surface area contributed by atoms with Gasteiger partial charge in [-0.3, -0.25) is 4.79 Å². The number of pyridine rings is 1. The molecule has 0 atom stereocenters. The van der Waals surface area contributed by atoms with Crippen LogP contribution >= 0.6 is 34.8 Å². The first-order valence-corrected chi connectivity index (χ1v) is 9.09. The molecule has 0 bridgehead atoms. The van der Waals surface area contributed by atoms with Crippen LogP contribution in [0.25, 0.3) is 0 Å². The second-order valence-corrected chi connectivity index (χ2v) is 6.65. The average molecular weight is 476 g/mol. The van der Waals surface area contributed by atoms with Crippen molar-refractivity contribution < 1.29 is 33.4 Å². The fourth-order valence-electron chi connectivity index (χ4n) is 2.15. The smallest absolute Gasteiger partial charge is 0.359 e. The van der Waals surface area contributed by atoms with Gasteiger partial charge >= 0.3 is 17.9 Å². The second kappa shape index (κ2) is 10.2. The number of hydrogen-bond acceptors (Lipinski definition) is 8. The van der Waals surface area contributed by atoms with Gasteiger partial charge in [0.25, 0.3) is 5.91 Å². The van der Waals surface area contributed by atoms with Gasteiger partial charge in [0.15, 0.2) is 12.3 Å². The van der Waals surface area contributed by atoms with Gasteiger partial charge in [-0.05, 0) is 18.2 Å². The van der Waals surface area contributed by atoms with Crippen LogP contribution in [0.2, 0.25) is 15.1 Å². The number of nitrogens with one attached hydrogen (secondary N) is 1. The fourth-order valence-corrected chi connectivity index (χ4v) is 2.71. The third-order valence-corrected chi connectivity index (χ3v) is 4.74. The van der Waals surface area contributed by atoms with E-state index >= 15 is 0 Å². The lowest BCUT2D eigenvalue weighted by Crippen LogP contribution is -2.22. The van der Waals surface area contributed by atoms with Crippen LogP contribution in [0.5, 0.6) is 0 Å². The number of rotatable bonds is 6. The highest BCUT2D eigenvalue weighted by Gasteiger charge is 2.20. The maximum absolute atomic E-state index is 12.1. The van der Waals surface area contributed by atoms with Crippen molar-refractivity contribution in [2.24, 2.45) is 0 Å². The predicted octanol–water partition coefficient (Wildman–Crippen LogP) is 3.41. The van der Waals surface area contributed by atoms with Gasteiger partial charge in [-0.2, -0.15) is 0 Å². The Balaban J connectivity index is 2.12. The summed E-state index contributed by atoms with van der Waals surface area (Å²) in [5.74, 6) is -3.24. The molecule has 0 saturated carbocycles. The molecule has 2 aromatic rings. The monoisotopic (exact) mass is 474 g/mol. The van der Waals surface area contributed by atoms with E-state index in [-0.39, 0.29) is 37.6 Å². The number of anilines is 1. The summed E-state index contributed by atoms with van der Waals surface area (Å²) in [6, 6.07) is 3.79. The summed E-state index contributed by atoms with van der Waals surface area (Å²) in [5, 5.41) is 2.13. The SMILES string of the molecule is COC(=O)c1cc(NC(=O)COC(=O)c2ncc(Cl)c(Cl)c2Cl)cc(C(=O)OC)c1. The molecule has 0 spiro atoms. The summed E-state index contributed by atoms with van der Waals surface area (Å²) in [5.41, 5.74) is -0.247. The van der Waals surface area contributed by atoms with Gasteiger partial charge in [0, 0.05) is 11.9 Å². The normalized spacial score (nSPS) is 10.2. The van der Waals surface area contributed by atoms with Crippen molar-refractivity contribution >= 4 is 64.3 Å². The van der Waals surface area contributed by atoms with E-state index in [9.17, 15) is 19.2 Å². The van der Waals surface area contributed by atoms with Crippen molar-refractivity contribution in [1.82, 2.24) is 4.98 Å². The van der Waals surface area contributed by atoms with Gasteiger partial charge < -0.3 is 19.5 Å².